The first-order valence-corrected chi connectivity index (χ1v) is 6.82. The molecule has 2 amide bonds. The van der Waals surface area contributed by atoms with Crippen LogP contribution >= 0.6 is 0 Å². The summed E-state index contributed by atoms with van der Waals surface area (Å²) in [6.07, 6.45) is 1.25. The summed E-state index contributed by atoms with van der Waals surface area (Å²) in [5.41, 5.74) is 1.29. The fourth-order valence-electron chi connectivity index (χ4n) is 2.17. The highest BCUT2D eigenvalue weighted by atomic mass is 16.3. The van der Waals surface area contributed by atoms with Gasteiger partial charge in [-0.15, -0.1) is 0 Å². The van der Waals surface area contributed by atoms with Gasteiger partial charge in [-0.25, -0.2) is 4.79 Å². The van der Waals surface area contributed by atoms with Crippen LogP contribution in [0.4, 0.5) is 4.79 Å². The third-order valence-corrected chi connectivity index (χ3v) is 3.56. The maximum atomic E-state index is 11.9. The minimum atomic E-state index is -0.367. The van der Waals surface area contributed by atoms with Gasteiger partial charge in [0.15, 0.2) is 0 Å². The summed E-state index contributed by atoms with van der Waals surface area (Å²) in [6.45, 7) is 2.31. The highest BCUT2D eigenvalue weighted by Gasteiger charge is 2.39. The Morgan fingerprint density at radius 2 is 2.16 bits per heavy atom. The minimum Gasteiger partial charge on any atom is -0.393 e. The van der Waals surface area contributed by atoms with Crippen LogP contribution in [0.5, 0.6) is 0 Å². The SMILES string of the molecule is CC(O)CCN(C)C(=O)NC1CC1c1ccccc1. The van der Waals surface area contributed by atoms with Crippen molar-refractivity contribution in [2.24, 2.45) is 0 Å². The molecule has 1 fully saturated rings. The molecule has 4 heteroatoms. The Bertz CT molecular complexity index is 419. The van der Waals surface area contributed by atoms with Crippen molar-refractivity contribution in [1.82, 2.24) is 10.2 Å². The summed E-state index contributed by atoms with van der Waals surface area (Å²) in [7, 11) is 1.76. The van der Waals surface area contributed by atoms with E-state index in [0.717, 1.165) is 6.42 Å². The molecule has 1 saturated carbocycles. The lowest BCUT2D eigenvalue weighted by Crippen LogP contribution is -2.40. The van der Waals surface area contributed by atoms with Crippen molar-refractivity contribution in [3.05, 3.63) is 35.9 Å². The number of carbonyl (C=O) groups is 1. The molecule has 0 bridgehead atoms. The standard InChI is InChI=1S/C15H22N2O2/c1-11(18)8-9-17(2)15(19)16-14-10-13(14)12-6-4-3-5-7-12/h3-7,11,13-14,18H,8-10H2,1-2H3,(H,16,19). The highest BCUT2D eigenvalue weighted by Crippen LogP contribution is 2.40. The minimum absolute atomic E-state index is 0.0518. The molecule has 0 radical (unpaired) electrons. The third kappa shape index (κ3) is 3.96. The van der Waals surface area contributed by atoms with E-state index in [0.29, 0.717) is 18.9 Å². The fourth-order valence-corrected chi connectivity index (χ4v) is 2.17. The number of amides is 2. The zero-order chi connectivity index (χ0) is 13.8. The van der Waals surface area contributed by atoms with E-state index in [1.54, 1.807) is 18.9 Å². The summed E-state index contributed by atoms with van der Waals surface area (Å²) in [5.74, 6) is 0.454. The molecule has 3 atom stereocenters. The zero-order valence-corrected chi connectivity index (χ0v) is 11.5. The van der Waals surface area contributed by atoms with E-state index in [2.05, 4.69) is 17.4 Å². The predicted octanol–water partition coefficient (Wildman–Crippen LogP) is 1.95. The Morgan fingerprint density at radius 3 is 2.79 bits per heavy atom. The molecule has 0 spiro atoms. The molecule has 0 aliphatic heterocycles. The van der Waals surface area contributed by atoms with Gasteiger partial charge in [-0.3, -0.25) is 0 Å². The number of benzene rings is 1. The van der Waals surface area contributed by atoms with Crippen molar-refractivity contribution < 1.29 is 9.90 Å². The Morgan fingerprint density at radius 1 is 1.47 bits per heavy atom. The van der Waals surface area contributed by atoms with Crippen LogP contribution in [0.15, 0.2) is 30.3 Å². The van der Waals surface area contributed by atoms with Crippen LogP contribution in [0.1, 0.15) is 31.2 Å². The first-order valence-electron chi connectivity index (χ1n) is 6.82. The highest BCUT2D eigenvalue weighted by molar-refractivity contribution is 5.74. The van der Waals surface area contributed by atoms with Crippen molar-refractivity contribution in [2.75, 3.05) is 13.6 Å². The van der Waals surface area contributed by atoms with Gasteiger partial charge in [-0.2, -0.15) is 0 Å². The summed E-state index contributed by atoms with van der Waals surface area (Å²) in [4.78, 5) is 13.5. The smallest absolute Gasteiger partial charge is 0.317 e. The first-order chi connectivity index (χ1) is 9.08. The van der Waals surface area contributed by atoms with Crippen molar-refractivity contribution in [3.8, 4) is 0 Å². The van der Waals surface area contributed by atoms with Crippen LogP contribution in [0.2, 0.25) is 0 Å². The van der Waals surface area contributed by atoms with Crippen LogP contribution in [-0.2, 0) is 0 Å². The van der Waals surface area contributed by atoms with E-state index in [1.807, 2.05) is 18.2 Å². The van der Waals surface area contributed by atoms with Crippen LogP contribution in [-0.4, -0.2) is 41.8 Å². The number of nitrogens with zero attached hydrogens (tertiary/aromatic N) is 1. The van der Waals surface area contributed by atoms with Gasteiger partial charge in [-0.05, 0) is 25.3 Å². The summed E-state index contributed by atoms with van der Waals surface area (Å²) >= 11 is 0. The molecule has 1 aromatic carbocycles. The maximum Gasteiger partial charge on any atom is 0.317 e. The molecule has 104 valence electrons. The number of urea groups is 1. The van der Waals surface area contributed by atoms with Gasteiger partial charge in [0.1, 0.15) is 0 Å². The van der Waals surface area contributed by atoms with Crippen molar-refractivity contribution in [1.29, 1.82) is 0 Å². The fraction of sp³-hybridized carbons (Fsp3) is 0.533. The molecule has 2 N–H and O–H groups in total. The number of aliphatic hydroxyl groups is 1. The lowest BCUT2D eigenvalue weighted by Gasteiger charge is -2.18. The van der Waals surface area contributed by atoms with E-state index >= 15 is 0 Å². The number of aliphatic hydroxyl groups excluding tert-OH is 1. The number of rotatable bonds is 5. The summed E-state index contributed by atoms with van der Waals surface area (Å²) in [6, 6.07) is 10.5. The molecule has 1 aliphatic carbocycles. The van der Waals surface area contributed by atoms with Gasteiger partial charge < -0.3 is 15.3 Å². The second kappa shape index (κ2) is 6.06. The third-order valence-electron chi connectivity index (χ3n) is 3.56. The van der Waals surface area contributed by atoms with E-state index < -0.39 is 0 Å². The largest absolute Gasteiger partial charge is 0.393 e. The van der Waals surface area contributed by atoms with E-state index in [1.165, 1.54) is 5.56 Å². The molecule has 0 heterocycles. The van der Waals surface area contributed by atoms with Crippen LogP contribution < -0.4 is 5.32 Å². The van der Waals surface area contributed by atoms with Gasteiger partial charge in [0.25, 0.3) is 0 Å². The van der Waals surface area contributed by atoms with Crippen LogP contribution in [0, 0.1) is 0 Å². The quantitative estimate of drug-likeness (QED) is 0.852. The molecule has 1 aliphatic rings. The van der Waals surface area contributed by atoms with Crippen LogP contribution in [0.3, 0.4) is 0 Å². The average Bonchev–Trinajstić information content (AvgIpc) is 3.16. The average molecular weight is 262 g/mol. The number of hydrogen-bond acceptors (Lipinski definition) is 2. The lowest BCUT2D eigenvalue weighted by molar-refractivity contribution is 0.163. The molecular weight excluding hydrogens is 240 g/mol. The van der Waals surface area contributed by atoms with E-state index in [-0.39, 0.29) is 18.2 Å². The Labute approximate surface area is 114 Å². The normalized spacial score (nSPS) is 22.7. The van der Waals surface area contributed by atoms with Gasteiger partial charge in [0, 0.05) is 25.6 Å². The molecule has 0 aromatic heterocycles. The molecule has 3 unspecified atom stereocenters. The maximum absolute atomic E-state index is 11.9. The number of nitrogens with one attached hydrogen (secondary N) is 1. The number of hydrogen-bond donors (Lipinski definition) is 2. The monoisotopic (exact) mass is 262 g/mol. The van der Waals surface area contributed by atoms with Gasteiger partial charge in [0.2, 0.25) is 0 Å². The Kier molecular flexibility index (Phi) is 4.43. The van der Waals surface area contributed by atoms with Crippen LogP contribution in [0.25, 0.3) is 0 Å². The molecule has 1 aromatic rings. The first kappa shape index (κ1) is 13.9. The summed E-state index contributed by atoms with van der Waals surface area (Å²) in [5, 5.41) is 12.2. The Balaban J connectivity index is 1.76. The number of carbonyl (C=O) groups excluding carboxylic acids is 1. The van der Waals surface area contributed by atoms with Crippen molar-refractivity contribution >= 4 is 6.03 Å². The van der Waals surface area contributed by atoms with Crippen molar-refractivity contribution in [2.45, 2.75) is 37.8 Å². The molecule has 19 heavy (non-hydrogen) atoms. The van der Waals surface area contributed by atoms with Gasteiger partial charge >= 0.3 is 6.03 Å². The van der Waals surface area contributed by atoms with E-state index in [9.17, 15) is 9.90 Å². The summed E-state index contributed by atoms with van der Waals surface area (Å²) < 4.78 is 0. The predicted molar refractivity (Wildman–Crippen MR) is 75.0 cm³/mol. The second-order valence-electron chi connectivity index (χ2n) is 5.37. The lowest BCUT2D eigenvalue weighted by atomic mass is 10.1. The topological polar surface area (TPSA) is 52.6 Å². The van der Waals surface area contributed by atoms with Gasteiger partial charge in [-0.1, -0.05) is 30.3 Å². The van der Waals surface area contributed by atoms with Gasteiger partial charge in [0.05, 0.1) is 6.10 Å². The van der Waals surface area contributed by atoms with Crippen molar-refractivity contribution in [3.63, 3.8) is 0 Å². The second-order valence-corrected chi connectivity index (χ2v) is 5.37. The van der Waals surface area contributed by atoms with E-state index in [4.69, 9.17) is 0 Å². The molecule has 0 saturated heterocycles. The molecule has 4 nitrogen and oxygen atoms in total. The Hall–Kier alpha value is -1.55. The molecular formula is C15H22N2O2. The zero-order valence-electron chi connectivity index (χ0n) is 11.5. The molecule has 2 rings (SSSR count).